The zero-order valence-electron chi connectivity index (χ0n) is 12.8. The summed E-state index contributed by atoms with van der Waals surface area (Å²) in [4.78, 5) is 4.89. The van der Waals surface area contributed by atoms with Crippen LogP contribution in [0.15, 0.2) is 18.2 Å². The SMILES string of the molecule is CC(Cc1ccc(O)c(N)c1)N(C)C1CCN(C)CC1. The Morgan fingerprint density at radius 3 is 2.65 bits per heavy atom. The van der Waals surface area contributed by atoms with Gasteiger partial charge in [-0.1, -0.05) is 6.07 Å². The number of nitrogen functional groups attached to an aromatic ring is 1. The molecule has 1 unspecified atom stereocenters. The molecule has 1 fully saturated rings. The lowest BCUT2D eigenvalue weighted by Gasteiger charge is -2.38. The van der Waals surface area contributed by atoms with E-state index in [4.69, 9.17) is 5.73 Å². The summed E-state index contributed by atoms with van der Waals surface area (Å²) in [5.74, 6) is 0.171. The van der Waals surface area contributed by atoms with Gasteiger partial charge < -0.3 is 20.6 Å². The van der Waals surface area contributed by atoms with Gasteiger partial charge in [-0.15, -0.1) is 0 Å². The minimum absolute atomic E-state index is 0.171. The van der Waals surface area contributed by atoms with E-state index in [-0.39, 0.29) is 5.75 Å². The van der Waals surface area contributed by atoms with Crippen molar-refractivity contribution in [3.8, 4) is 5.75 Å². The number of likely N-dealkylation sites (N-methyl/N-ethyl adjacent to an activating group) is 1. The number of phenols is 1. The van der Waals surface area contributed by atoms with Crippen molar-refractivity contribution in [3.63, 3.8) is 0 Å². The Kier molecular flexibility index (Phi) is 4.89. The zero-order chi connectivity index (χ0) is 14.7. The van der Waals surface area contributed by atoms with Crippen molar-refractivity contribution in [3.05, 3.63) is 23.8 Å². The third-order valence-electron chi connectivity index (χ3n) is 4.58. The number of likely N-dealkylation sites (tertiary alicyclic amines) is 1. The van der Waals surface area contributed by atoms with Gasteiger partial charge in [0.05, 0.1) is 5.69 Å². The second-order valence-corrected chi connectivity index (χ2v) is 6.15. The summed E-state index contributed by atoms with van der Waals surface area (Å²) >= 11 is 0. The van der Waals surface area contributed by atoms with Crippen LogP contribution in [0.2, 0.25) is 0 Å². The molecule has 112 valence electrons. The van der Waals surface area contributed by atoms with Crippen LogP contribution in [0, 0.1) is 0 Å². The van der Waals surface area contributed by atoms with Crippen LogP contribution in [0.25, 0.3) is 0 Å². The maximum atomic E-state index is 9.48. The fourth-order valence-electron chi connectivity index (χ4n) is 2.98. The third kappa shape index (κ3) is 3.64. The Labute approximate surface area is 122 Å². The standard InChI is InChI=1S/C16H27N3O/c1-12(10-13-4-5-16(20)15(17)11-13)19(3)14-6-8-18(2)9-7-14/h4-5,11-12,14,20H,6-10,17H2,1-3H3. The van der Waals surface area contributed by atoms with Gasteiger partial charge in [0.25, 0.3) is 0 Å². The van der Waals surface area contributed by atoms with Gasteiger partial charge in [-0.25, -0.2) is 0 Å². The fraction of sp³-hybridized carbons (Fsp3) is 0.625. The lowest BCUT2D eigenvalue weighted by molar-refractivity contribution is 0.113. The normalized spacial score (nSPS) is 19.4. The minimum atomic E-state index is 0.171. The quantitative estimate of drug-likeness (QED) is 0.652. The van der Waals surface area contributed by atoms with Gasteiger partial charge in [0, 0.05) is 12.1 Å². The molecule has 0 spiro atoms. The Morgan fingerprint density at radius 2 is 2.05 bits per heavy atom. The zero-order valence-corrected chi connectivity index (χ0v) is 12.8. The first-order valence-corrected chi connectivity index (χ1v) is 7.45. The van der Waals surface area contributed by atoms with Gasteiger partial charge in [0.15, 0.2) is 0 Å². The molecule has 0 saturated carbocycles. The maximum absolute atomic E-state index is 9.48. The van der Waals surface area contributed by atoms with Crippen LogP contribution < -0.4 is 5.73 Å². The predicted molar refractivity (Wildman–Crippen MR) is 84.0 cm³/mol. The van der Waals surface area contributed by atoms with Gasteiger partial charge in [-0.3, -0.25) is 0 Å². The van der Waals surface area contributed by atoms with E-state index in [2.05, 4.69) is 30.8 Å². The number of rotatable bonds is 4. The number of piperidine rings is 1. The van der Waals surface area contributed by atoms with Crippen molar-refractivity contribution < 1.29 is 5.11 Å². The molecule has 4 heteroatoms. The molecular formula is C16H27N3O. The van der Waals surface area contributed by atoms with E-state index in [9.17, 15) is 5.11 Å². The molecule has 1 atom stereocenters. The number of nitrogens with zero attached hydrogens (tertiary/aromatic N) is 2. The molecule has 0 aromatic heterocycles. The van der Waals surface area contributed by atoms with E-state index in [0.717, 1.165) is 6.42 Å². The molecule has 1 aliphatic rings. The number of anilines is 1. The number of phenolic OH excluding ortho intramolecular Hbond substituents is 1. The second-order valence-electron chi connectivity index (χ2n) is 6.15. The van der Waals surface area contributed by atoms with Gasteiger partial charge in [-0.2, -0.15) is 0 Å². The summed E-state index contributed by atoms with van der Waals surface area (Å²) in [5.41, 5.74) is 7.42. The van der Waals surface area contributed by atoms with Crippen LogP contribution in [0.4, 0.5) is 5.69 Å². The highest BCUT2D eigenvalue weighted by Crippen LogP contribution is 2.23. The second kappa shape index (κ2) is 6.46. The lowest BCUT2D eigenvalue weighted by Crippen LogP contribution is -2.46. The molecule has 0 amide bonds. The number of aromatic hydroxyl groups is 1. The van der Waals surface area contributed by atoms with E-state index in [1.165, 1.54) is 31.5 Å². The van der Waals surface area contributed by atoms with E-state index in [1.54, 1.807) is 6.07 Å². The van der Waals surface area contributed by atoms with Crippen molar-refractivity contribution in [2.45, 2.75) is 38.3 Å². The first kappa shape index (κ1) is 15.1. The summed E-state index contributed by atoms with van der Waals surface area (Å²) in [7, 11) is 4.42. The molecule has 1 aromatic rings. The molecule has 1 saturated heterocycles. The van der Waals surface area contributed by atoms with Gasteiger partial charge in [0.1, 0.15) is 5.75 Å². The monoisotopic (exact) mass is 277 g/mol. The number of hydrogen-bond acceptors (Lipinski definition) is 4. The first-order chi connectivity index (χ1) is 9.47. The maximum Gasteiger partial charge on any atom is 0.138 e. The van der Waals surface area contributed by atoms with E-state index in [0.29, 0.717) is 17.8 Å². The molecule has 4 nitrogen and oxygen atoms in total. The molecule has 3 N–H and O–H groups in total. The molecule has 2 rings (SSSR count). The van der Waals surface area contributed by atoms with E-state index < -0.39 is 0 Å². The Morgan fingerprint density at radius 1 is 1.40 bits per heavy atom. The van der Waals surface area contributed by atoms with Crippen LogP contribution >= 0.6 is 0 Å². The average Bonchev–Trinajstić information content (AvgIpc) is 2.43. The largest absolute Gasteiger partial charge is 0.506 e. The van der Waals surface area contributed by atoms with Crippen LogP contribution in [0.3, 0.4) is 0 Å². The molecule has 0 bridgehead atoms. The summed E-state index contributed by atoms with van der Waals surface area (Å²) in [5, 5.41) is 9.48. The fourth-order valence-corrected chi connectivity index (χ4v) is 2.98. The molecular weight excluding hydrogens is 250 g/mol. The summed E-state index contributed by atoms with van der Waals surface area (Å²) in [6.07, 6.45) is 3.46. The van der Waals surface area contributed by atoms with Crippen molar-refractivity contribution in [1.82, 2.24) is 9.80 Å². The van der Waals surface area contributed by atoms with Crippen molar-refractivity contribution in [2.24, 2.45) is 0 Å². The summed E-state index contributed by atoms with van der Waals surface area (Å²) in [6, 6.07) is 6.69. The summed E-state index contributed by atoms with van der Waals surface area (Å²) in [6.45, 7) is 4.64. The molecule has 1 aliphatic heterocycles. The Hall–Kier alpha value is -1.26. The third-order valence-corrected chi connectivity index (χ3v) is 4.58. The van der Waals surface area contributed by atoms with Crippen LogP contribution in [0.1, 0.15) is 25.3 Å². The van der Waals surface area contributed by atoms with Crippen LogP contribution in [-0.2, 0) is 6.42 Å². The highest BCUT2D eigenvalue weighted by atomic mass is 16.3. The van der Waals surface area contributed by atoms with E-state index >= 15 is 0 Å². The molecule has 0 aliphatic carbocycles. The summed E-state index contributed by atoms with van der Waals surface area (Å²) < 4.78 is 0. The molecule has 0 radical (unpaired) electrons. The average molecular weight is 277 g/mol. The molecule has 1 heterocycles. The molecule has 20 heavy (non-hydrogen) atoms. The Bertz CT molecular complexity index is 441. The lowest BCUT2D eigenvalue weighted by atomic mass is 9.99. The van der Waals surface area contributed by atoms with Gasteiger partial charge >= 0.3 is 0 Å². The smallest absolute Gasteiger partial charge is 0.138 e. The van der Waals surface area contributed by atoms with Gasteiger partial charge in [0.2, 0.25) is 0 Å². The highest BCUT2D eigenvalue weighted by molar-refractivity contribution is 5.53. The first-order valence-electron chi connectivity index (χ1n) is 7.45. The predicted octanol–water partition coefficient (Wildman–Crippen LogP) is 1.93. The topological polar surface area (TPSA) is 52.7 Å². The van der Waals surface area contributed by atoms with Crippen LogP contribution in [-0.4, -0.2) is 54.2 Å². The molecule has 1 aromatic carbocycles. The number of nitrogens with two attached hydrogens (primary N) is 1. The minimum Gasteiger partial charge on any atom is -0.506 e. The van der Waals surface area contributed by atoms with E-state index in [1.807, 2.05) is 12.1 Å². The van der Waals surface area contributed by atoms with Crippen molar-refractivity contribution >= 4 is 5.69 Å². The van der Waals surface area contributed by atoms with Crippen molar-refractivity contribution in [1.29, 1.82) is 0 Å². The van der Waals surface area contributed by atoms with Crippen molar-refractivity contribution in [2.75, 3.05) is 32.9 Å². The van der Waals surface area contributed by atoms with Gasteiger partial charge in [-0.05, 0) is 71.1 Å². The number of benzene rings is 1. The Balaban J connectivity index is 1.93. The number of hydrogen-bond donors (Lipinski definition) is 2. The van der Waals surface area contributed by atoms with Crippen LogP contribution in [0.5, 0.6) is 5.75 Å². The highest BCUT2D eigenvalue weighted by Gasteiger charge is 2.23.